The molecule has 2 aromatic rings. The Bertz CT molecular complexity index is 540. The molecule has 1 heterocycles. The number of benzene rings is 1. The third-order valence-corrected chi connectivity index (χ3v) is 3.18. The van der Waals surface area contributed by atoms with E-state index < -0.39 is 0 Å². The van der Waals surface area contributed by atoms with Gasteiger partial charge in [-0.15, -0.1) is 0 Å². The number of rotatable bonds is 8. The lowest BCUT2D eigenvalue weighted by Crippen LogP contribution is -2.08. The maximum Gasteiger partial charge on any atom is 0.128 e. The highest BCUT2D eigenvalue weighted by atomic mass is 16.5. The van der Waals surface area contributed by atoms with Gasteiger partial charge in [0.1, 0.15) is 17.4 Å². The van der Waals surface area contributed by atoms with Crippen LogP contribution in [0.3, 0.4) is 0 Å². The normalized spacial score (nSPS) is 10.2. The van der Waals surface area contributed by atoms with Gasteiger partial charge in [0.25, 0.3) is 0 Å². The van der Waals surface area contributed by atoms with Gasteiger partial charge in [-0.05, 0) is 42.7 Å². The van der Waals surface area contributed by atoms with E-state index in [9.17, 15) is 0 Å². The van der Waals surface area contributed by atoms with Gasteiger partial charge in [0.05, 0.1) is 7.11 Å². The standard InChI is InChI=1S/C17H23N3O/c1-3-12-18-16-5-4-6-17(20-16)19-13-11-14-7-9-15(21-2)10-8-14/h4-10H,3,11-13H2,1-2H3,(H2,18,19,20). The molecule has 0 bridgehead atoms. The summed E-state index contributed by atoms with van der Waals surface area (Å²) < 4.78 is 5.16. The average Bonchev–Trinajstić information content (AvgIpc) is 2.54. The molecule has 0 aliphatic carbocycles. The van der Waals surface area contributed by atoms with E-state index in [0.29, 0.717) is 0 Å². The van der Waals surface area contributed by atoms with Gasteiger partial charge in [-0.25, -0.2) is 4.98 Å². The molecule has 2 rings (SSSR count). The fourth-order valence-electron chi connectivity index (χ4n) is 2.01. The van der Waals surface area contributed by atoms with Gasteiger partial charge in [0.2, 0.25) is 0 Å². The number of anilines is 2. The molecular formula is C17H23N3O. The van der Waals surface area contributed by atoms with Gasteiger partial charge in [-0.1, -0.05) is 25.1 Å². The van der Waals surface area contributed by atoms with Crippen molar-refractivity contribution in [3.8, 4) is 5.75 Å². The smallest absolute Gasteiger partial charge is 0.128 e. The van der Waals surface area contributed by atoms with Crippen LogP contribution in [0.5, 0.6) is 5.75 Å². The van der Waals surface area contributed by atoms with E-state index in [1.165, 1.54) is 5.56 Å². The summed E-state index contributed by atoms with van der Waals surface area (Å²) in [6.45, 7) is 3.95. The van der Waals surface area contributed by atoms with Crippen molar-refractivity contribution in [2.45, 2.75) is 19.8 Å². The van der Waals surface area contributed by atoms with Crippen LogP contribution in [0.2, 0.25) is 0 Å². The fraction of sp³-hybridized carbons (Fsp3) is 0.353. The minimum absolute atomic E-state index is 0.858. The van der Waals surface area contributed by atoms with Crippen LogP contribution in [0.4, 0.5) is 11.6 Å². The molecule has 0 unspecified atom stereocenters. The first-order valence-electron chi connectivity index (χ1n) is 7.39. The van der Waals surface area contributed by atoms with Gasteiger partial charge in [0.15, 0.2) is 0 Å². The van der Waals surface area contributed by atoms with Gasteiger partial charge in [-0.2, -0.15) is 0 Å². The zero-order chi connectivity index (χ0) is 14.9. The molecule has 1 aromatic heterocycles. The highest BCUT2D eigenvalue weighted by molar-refractivity contribution is 5.45. The van der Waals surface area contributed by atoms with Crippen LogP contribution in [0.25, 0.3) is 0 Å². The molecule has 0 saturated heterocycles. The first kappa shape index (κ1) is 15.2. The number of hydrogen-bond acceptors (Lipinski definition) is 4. The number of aromatic nitrogens is 1. The molecule has 4 heteroatoms. The Morgan fingerprint density at radius 1 is 0.952 bits per heavy atom. The van der Waals surface area contributed by atoms with Crippen molar-refractivity contribution in [1.82, 2.24) is 4.98 Å². The van der Waals surface area contributed by atoms with E-state index in [4.69, 9.17) is 4.74 Å². The van der Waals surface area contributed by atoms with Crippen LogP contribution in [0.15, 0.2) is 42.5 Å². The number of nitrogens with one attached hydrogen (secondary N) is 2. The van der Waals surface area contributed by atoms with Crippen molar-refractivity contribution in [2.75, 3.05) is 30.8 Å². The van der Waals surface area contributed by atoms with Crippen molar-refractivity contribution in [3.05, 3.63) is 48.0 Å². The van der Waals surface area contributed by atoms with Crippen molar-refractivity contribution >= 4 is 11.6 Å². The van der Waals surface area contributed by atoms with E-state index in [2.05, 4.69) is 34.7 Å². The van der Waals surface area contributed by atoms with Crippen molar-refractivity contribution in [3.63, 3.8) is 0 Å². The first-order valence-corrected chi connectivity index (χ1v) is 7.39. The van der Waals surface area contributed by atoms with E-state index in [-0.39, 0.29) is 0 Å². The molecule has 112 valence electrons. The monoisotopic (exact) mass is 285 g/mol. The van der Waals surface area contributed by atoms with Gasteiger partial charge < -0.3 is 15.4 Å². The molecule has 2 N–H and O–H groups in total. The lowest BCUT2D eigenvalue weighted by molar-refractivity contribution is 0.414. The van der Waals surface area contributed by atoms with Gasteiger partial charge in [-0.3, -0.25) is 0 Å². The van der Waals surface area contributed by atoms with E-state index in [1.807, 2.05) is 30.3 Å². The Morgan fingerprint density at radius 2 is 1.62 bits per heavy atom. The topological polar surface area (TPSA) is 46.2 Å². The van der Waals surface area contributed by atoms with Gasteiger partial charge >= 0.3 is 0 Å². The summed E-state index contributed by atoms with van der Waals surface area (Å²) in [5, 5.41) is 6.65. The lowest BCUT2D eigenvalue weighted by Gasteiger charge is -2.09. The number of pyridine rings is 1. The van der Waals surface area contributed by atoms with Gasteiger partial charge in [0, 0.05) is 13.1 Å². The molecule has 4 nitrogen and oxygen atoms in total. The van der Waals surface area contributed by atoms with Crippen LogP contribution in [0, 0.1) is 0 Å². The van der Waals surface area contributed by atoms with E-state index >= 15 is 0 Å². The molecule has 0 radical (unpaired) electrons. The summed E-state index contributed by atoms with van der Waals surface area (Å²) in [5.74, 6) is 2.72. The fourth-order valence-corrected chi connectivity index (χ4v) is 2.01. The highest BCUT2D eigenvalue weighted by Crippen LogP contribution is 2.12. The quantitative estimate of drug-likeness (QED) is 0.778. The van der Waals surface area contributed by atoms with Crippen LogP contribution in [-0.4, -0.2) is 25.2 Å². The summed E-state index contributed by atoms with van der Waals surface area (Å²) in [4.78, 5) is 4.53. The maximum absolute atomic E-state index is 5.16. The van der Waals surface area contributed by atoms with Crippen molar-refractivity contribution in [1.29, 1.82) is 0 Å². The third kappa shape index (κ3) is 4.99. The van der Waals surface area contributed by atoms with E-state index in [1.54, 1.807) is 7.11 Å². The average molecular weight is 285 g/mol. The summed E-state index contributed by atoms with van der Waals surface area (Å²) in [6.07, 6.45) is 2.05. The predicted octanol–water partition coefficient (Wildman–Crippen LogP) is 3.57. The second-order valence-corrected chi connectivity index (χ2v) is 4.86. The molecule has 1 aromatic carbocycles. The molecule has 0 spiro atoms. The number of hydrogen-bond donors (Lipinski definition) is 2. The molecule has 0 atom stereocenters. The second kappa shape index (κ2) is 8.15. The Labute approximate surface area is 126 Å². The Balaban J connectivity index is 1.82. The summed E-state index contributed by atoms with van der Waals surface area (Å²) in [7, 11) is 1.68. The Hall–Kier alpha value is -2.23. The van der Waals surface area contributed by atoms with Crippen molar-refractivity contribution in [2.24, 2.45) is 0 Å². The zero-order valence-corrected chi connectivity index (χ0v) is 12.7. The van der Waals surface area contributed by atoms with Crippen LogP contribution < -0.4 is 15.4 Å². The zero-order valence-electron chi connectivity index (χ0n) is 12.7. The lowest BCUT2D eigenvalue weighted by atomic mass is 10.1. The van der Waals surface area contributed by atoms with Crippen LogP contribution in [-0.2, 0) is 6.42 Å². The minimum Gasteiger partial charge on any atom is -0.497 e. The minimum atomic E-state index is 0.858. The molecule has 0 aliphatic heterocycles. The third-order valence-electron chi connectivity index (χ3n) is 3.18. The van der Waals surface area contributed by atoms with Crippen LogP contribution >= 0.6 is 0 Å². The molecule has 0 saturated carbocycles. The SMILES string of the molecule is CCCNc1cccc(NCCc2ccc(OC)cc2)n1. The van der Waals surface area contributed by atoms with E-state index in [0.717, 1.165) is 43.3 Å². The van der Waals surface area contributed by atoms with Crippen molar-refractivity contribution < 1.29 is 4.74 Å². The molecule has 0 amide bonds. The molecule has 21 heavy (non-hydrogen) atoms. The summed E-state index contributed by atoms with van der Waals surface area (Å²) in [6, 6.07) is 14.2. The second-order valence-electron chi connectivity index (χ2n) is 4.86. The Kier molecular flexibility index (Phi) is 5.88. The number of methoxy groups -OCH3 is 1. The van der Waals surface area contributed by atoms with Crippen LogP contribution in [0.1, 0.15) is 18.9 Å². The molecule has 0 fully saturated rings. The predicted molar refractivity (Wildman–Crippen MR) is 88.2 cm³/mol. The number of nitrogens with zero attached hydrogens (tertiary/aromatic N) is 1. The first-order chi connectivity index (χ1) is 10.3. The highest BCUT2D eigenvalue weighted by Gasteiger charge is 1.98. The molecule has 0 aliphatic rings. The summed E-state index contributed by atoms with van der Waals surface area (Å²) >= 11 is 0. The maximum atomic E-state index is 5.16. The largest absolute Gasteiger partial charge is 0.497 e. The number of ether oxygens (including phenoxy) is 1. The Morgan fingerprint density at radius 3 is 2.24 bits per heavy atom. The molecular weight excluding hydrogens is 262 g/mol. The summed E-state index contributed by atoms with van der Waals surface area (Å²) in [5.41, 5.74) is 1.28.